The molecule has 1 aliphatic rings. The molecular weight excluding hydrogens is 266 g/mol. The highest BCUT2D eigenvalue weighted by Gasteiger charge is 2.27. The van der Waals surface area contributed by atoms with Gasteiger partial charge in [-0.1, -0.05) is 6.07 Å². The molecule has 1 fully saturated rings. The summed E-state index contributed by atoms with van der Waals surface area (Å²) < 4.78 is 1.93. The van der Waals surface area contributed by atoms with Crippen molar-refractivity contribution in [2.24, 2.45) is 0 Å². The van der Waals surface area contributed by atoms with Gasteiger partial charge in [-0.05, 0) is 38.3 Å². The van der Waals surface area contributed by atoms with Crippen LogP contribution >= 0.6 is 0 Å². The van der Waals surface area contributed by atoms with Crippen LogP contribution in [0.2, 0.25) is 0 Å². The van der Waals surface area contributed by atoms with E-state index in [1.807, 2.05) is 46.8 Å². The number of fused-ring (bicyclic) bond motifs is 1. The van der Waals surface area contributed by atoms with Crippen molar-refractivity contribution in [3.05, 3.63) is 36.3 Å². The topological polar surface area (TPSA) is 57.8 Å². The lowest BCUT2D eigenvalue weighted by atomic mass is 9.98. The van der Waals surface area contributed by atoms with Gasteiger partial charge in [0, 0.05) is 25.5 Å². The van der Waals surface area contributed by atoms with Crippen molar-refractivity contribution < 1.29 is 9.90 Å². The van der Waals surface area contributed by atoms with E-state index in [2.05, 4.69) is 4.98 Å². The van der Waals surface area contributed by atoms with E-state index in [0.717, 1.165) is 30.7 Å². The Kier molecular flexibility index (Phi) is 3.68. The van der Waals surface area contributed by atoms with Gasteiger partial charge < -0.3 is 14.4 Å². The molecule has 2 aromatic heterocycles. The molecule has 21 heavy (non-hydrogen) atoms. The van der Waals surface area contributed by atoms with E-state index in [1.54, 1.807) is 0 Å². The molecule has 112 valence electrons. The van der Waals surface area contributed by atoms with Gasteiger partial charge >= 0.3 is 0 Å². The molecule has 0 spiro atoms. The predicted molar refractivity (Wildman–Crippen MR) is 80.0 cm³/mol. The largest absolute Gasteiger partial charge is 0.390 e. The molecule has 0 aromatic carbocycles. The molecule has 0 bridgehead atoms. The number of imidazole rings is 1. The number of nitrogens with zero attached hydrogens (tertiary/aromatic N) is 3. The maximum atomic E-state index is 12.4. The van der Waals surface area contributed by atoms with E-state index >= 15 is 0 Å². The lowest BCUT2D eigenvalue weighted by molar-refractivity contribution is -0.130. The second kappa shape index (κ2) is 5.48. The zero-order valence-electron chi connectivity index (χ0n) is 12.3. The number of amides is 1. The Hall–Kier alpha value is -1.88. The fourth-order valence-electron chi connectivity index (χ4n) is 2.85. The molecule has 5 heteroatoms. The van der Waals surface area contributed by atoms with Crippen molar-refractivity contribution in [1.82, 2.24) is 14.3 Å². The van der Waals surface area contributed by atoms with E-state index in [4.69, 9.17) is 0 Å². The summed E-state index contributed by atoms with van der Waals surface area (Å²) in [6.45, 7) is 3.20. The Labute approximate surface area is 124 Å². The number of aliphatic hydroxyl groups is 1. The van der Waals surface area contributed by atoms with Crippen LogP contribution in [-0.2, 0) is 11.2 Å². The van der Waals surface area contributed by atoms with E-state index < -0.39 is 5.60 Å². The zero-order valence-corrected chi connectivity index (χ0v) is 12.3. The monoisotopic (exact) mass is 287 g/mol. The first-order valence-corrected chi connectivity index (χ1v) is 7.46. The van der Waals surface area contributed by atoms with Gasteiger partial charge in [0.1, 0.15) is 5.65 Å². The summed E-state index contributed by atoms with van der Waals surface area (Å²) in [5, 5.41) is 10.1. The fraction of sp³-hybridized carbons (Fsp3) is 0.500. The quantitative estimate of drug-likeness (QED) is 0.913. The first kappa shape index (κ1) is 14.1. The first-order chi connectivity index (χ1) is 10.0. The molecule has 3 rings (SSSR count). The molecule has 1 unspecified atom stereocenters. The number of rotatable bonds is 2. The fourth-order valence-corrected chi connectivity index (χ4v) is 2.85. The summed E-state index contributed by atoms with van der Waals surface area (Å²) >= 11 is 0. The summed E-state index contributed by atoms with van der Waals surface area (Å²) in [6.07, 6.45) is 6.41. The number of carbonyl (C=O) groups is 1. The van der Waals surface area contributed by atoms with E-state index in [9.17, 15) is 9.90 Å². The first-order valence-electron chi connectivity index (χ1n) is 7.46. The van der Waals surface area contributed by atoms with E-state index in [0.29, 0.717) is 19.4 Å². The summed E-state index contributed by atoms with van der Waals surface area (Å²) in [4.78, 5) is 18.7. The number of carbonyl (C=O) groups excluding carboxylic acids is 1. The molecule has 1 amide bonds. The summed E-state index contributed by atoms with van der Waals surface area (Å²) in [5.41, 5.74) is 1.01. The average molecular weight is 287 g/mol. The van der Waals surface area contributed by atoms with Gasteiger partial charge in [0.15, 0.2) is 0 Å². The summed E-state index contributed by atoms with van der Waals surface area (Å²) in [7, 11) is 0. The molecule has 1 N–H and O–H groups in total. The van der Waals surface area contributed by atoms with Crippen molar-refractivity contribution in [2.75, 3.05) is 13.1 Å². The van der Waals surface area contributed by atoms with Crippen molar-refractivity contribution in [3.8, 4) is 0 Å². The Balaban J connectivity index is 1.68. The third-order valence-corrected chi connectivity index (χ3v) is 4.16. The molecule has 3 heterocycles. The van der Waals surface area contributed by atoms with Gasteiger partial charge in [-0.2, -0.15) is 0 Å². The molecule has 1 atom stereocenters. The minimum absolute atomic E-state index is 0.0936. The zero-order chi connectivity index (χ0) is 14.9. The highest BCUT2D eigenvalue weighted by atomic mass is 16.3. The van der Waals surface area contributed by atoms with Gasteiger partial charge in [-0.3, -0.25) is 4.79 Å². The number of hydrogen-bond donors (Lipinski definition) is 1. The molecule has 0 saturated carbocycles. The third kappa shape index (κ3) is 3.24. The van der Waals surface area contributed by atoms with Gasteiger partial charge in [-0.15, -0.1) is 0 Å². The van der Waals surface area contributed by atoms with E-state index in [1.165, 1.54) is 0 Å². The van der Waals surface area contributed by atoms with Crippen LogP contribution in [0, 0.1) is 0 Å². The smallest absolute Gasteiger partial charge is 0.228 e. The molecule has 5 nitrogen and oxygen atoms in total. The van der Waals surface area contributed by atoms with E-state index in [-0.39, 0.29) is 5.91 Å². The lowest BCUT2D eigenvalue weighted by Gasteiger charge is -2.22. The Morgan fingerprint density at radius 1 is 1.38 bits per heavy atom. The molecule has 0 aliphatic carbocycles. The highest BCUT2D eigenvalue weighted by molar-refractivity contribution is 5.78. The molecule has 1 aliphatic heterocycles. The van der Waals surface area contributed by atoms with Crippen LogP contribution in [0.15, 0.2) is 30.6 Å². The van der Waals surface area contributed by atoms with Crippen LogP contribution < -0.4 is 0 Å². The van der Waals surface area contributed by atoms with Crippen LogP contribution in [0.3, 0.4) is 0 Å². The second-order valence-electron chi connectivity index (χ2n) is 6.11. The highest BCUT2D eigenvalue weighted by Crippen LogP contribution is 2.21. The van der Waals surface area contributed by atoms with Crippen molar-refractivity contribution in [3.63, 3.8) is 0 Å². The maximum absolute atomic E-state index is 12.4. The SMILES string of the molecule is CC1(O)CCCN(C(=O)Cc2cn3ccccc3n2)CC1. The maximum Gasteiger partial charge on any atom is 0.228 e. The Morgan fingerprint density at radius 2 is 2.24 bits per heavy atom. The Bertz CT molecular complexity index is 615. The summed E-state index contributed by atoms with van der Waals surface area (Å²) in [6, 6.07) is 5.80. The van der Waals surface area contributed by atoms with Crippen molar-refractivity contribution in [2.45, 2.75) is 38.2 Å². The van der Waals surface area contributed by atoms with Crippen LogP contribution in [0.25, 0.3) is 5.65 Å². The minimum Gasteiger partial charge on any atom is -0.390 e. The van der Waals surface area contributed by atoms with Gasteiger partial charge in [-0.25, -0.2) is 4.98 Å². The van der Waals surface area contributed by atoms with Crippen molar-refractivity contribution in [1.29, 1.82) is 0 Å². The normalized spacial score (nSPS) is 23.2. The van der Waals surface area contributed by atoms with Gasteiger partial charge in [0.2, 0.25) is 5.91 Å². The molecule has 2 aromatic rings. The van der Waals surface area contributed by atoms with Gasteiger partial charge in [0.05, 0.1) is 17.7 Å². The van der Waals surface area contributed by atoms with Crippen LogP contribution in [0.4, 0.5) is 0 Å². The molecule has 1 saturated heterocycles. The van der Waals surface area contributed by atoms with Crippen molar-refractivity contribution >= 4 is 11.6 Å². The summed E-state index contributed by atoms with van der Waals surface area (Å²) in [5.74, 6) is 0.0936. The Morgan fingerprint density at radius 3 is 3.05 bits per heavy atom. The van der Waals surface area contributed by atoms with Crippen LogP contribution in [-0.4, -0.2) is 44.0 Å². The average Bonchev–Trinajstić information content (AvgIpc) is 2.74. The molecule has 0 radical (unpaired) electrons. The number of aromatic nitrogens is 2. The number of likely N-dealkylation sites (tertiary alicyclic amines) is 1. The number of hydrogen-bond acceptors (Lipinski definition) is 3. The van der Waals surface area contributed by atoms with Crippen LogP contribution in [0.5, 0.6) is 0 Å². The molecular formula is C16H21N3O2. The lowest BCUT2D eigenvalue weighted by Crippen LogP contribution is -2.34. The standard InChI is InChI=1S/C16H21N3O2/c1-16(21)6-4-9-18(10-7-16)15(20)11-13-12-19-8-3-2-5-14(19)17-13/h2-3,5,8,12,21H,4,6-7,9-11H2,1H3. The second-order valence-corrected chi connectivity index (χ2v) is 6.11. The van der Waals surface area contributed by atoms with Gasteiger partial charge in [0.25, 0.3) is 0 Å². The number of pyridine rings is 1. The minimum atomic E-state index is -0.641. The predicted octanol–water partition coefficient (Wildman–Crippen LogP) is 1.64. The third-order valence-electron chi connectivity index (χ3n) is 4.16. The van der Waals surface area contributed by atoms with Crippen LogP contribution in [0.1, 0.15) is 31.9 Å².